The molecular weight excluding hydrogens is 248 g/mol. The standard InChI is InChI=1S/C13H20N2O4/c16-12(17)5-11(8-1-2-8)14-13(18)15-6-9-3-4-10(7-15)19-9/h8-11H,1-7H2,(H,14,18)(H,16,17). The summed E-state index contributed by atoms with van der Waals surface area (Å²) in [7, 11) is 0. The van der Waals surface area contributed by atoms with Crippen LogP contribution in [0, 0.1) is 5.92 Å². The number of urea groups is 1. The Labute approximate surface area is 112 Å². The number of carbonyl (C=O) groups excluding carboxylic acids is 1. The van der Waals surface area contributed by atoms with Gasteiger partial charge < -0.3 is 20.1 Å². The lowest BCUT2D eigenvalue weighted by atomic mass is 10.1. The van der Waals surface area contributed by atoms with Gasteiger partial charge in [-0.25, -0.2) is 4.79 Å². The van der Waals surface area contributed by atoms with Crippen LogP contribution in [0.15, 0.2) is 0 Å². The van der Waals surface area contributed by atoms with E-state index in [0.717, 1.165) is 25.7 Å². The number of rotatable bonds is 4. The average molecular weight is 268 g/mol. The average Bonchev–Trinajstić information content (AvgIpc) is 3.14. The zero-order chi connectivity index (χ0) is 13.4. The number of carbonyl (C=O) groups is 2. The van der Waals surface area contributed by atoms with Crippen molar-refractivity contribution in [2.75, 3.05) is 13.1 Å². The predicted molar refractivity (Wildman–Crippen MR) is 66.8 cm³/mol. The van der Waals surface area contributed by atoms with E-state index in [9.17, 15) is 9.59 Å². The summed E-state index contributed by atoms with van der Waals surface area (Å²) < 4.78 is 5.69. The van der Waals surface area contributed by atoms with E-state index in [1.165, 1.54) is 0 Å². The monoisotopic (exact) mass is 268 g/mol. The summed E-state index contributed by atoms with van der Waals surface area (Å²) in [4.78, 5) is 24.8. The van der Waals surface area contributed by atoms with E-state index in [1.54, 1.807) is 4.90 Å². The molecule has 0 radical (unpaired) electrons. The maximum absolute atomic E-state index is 12.2. The fourth-order valence-corrected chi connectivity index (χ4v) is 3.05. The molecule has 3 aliphatic rings. The molecule has 3 atom stereocenters. The third-order valence-corrected chi connectivity index (χ3v) is 4.23. The highest BCUT2D eigenvalue weighted by Gasteiger charge is 2.38. The van der Waals surface area contributed by atoms with Gasteiger partial charge in [-0.3, -0.25) is 4.79 Å². The Morgan fingerprint density at radius 2 is 1.84 bits per heavy atom. The van der Waals surface area contributed by atoms with Crippen molar-refractivity contribution in [1.82, 2.24) is 10.2 Å². The van der Waals surface area contributed by atoms with Crippen molar-refractivity contribution < 1.29 is 19.4 Å². The summed E-state index contributed by atoms with van der Waals surface area (Å²) >= 11 is 0. The van der Waals surface area contributed by atoms with Crippen LogP contribution in [0.4, 0.5) is 4.79 Å². The Morgan fingerprint density at radius 1 is 1.21 bits per heavy atom. The van der Waals surface area contributed by atoms with E-state index in [4.69, 9.17) is 9.84 Å². The number of hydrogen-bond acceptors (Lipinski definition) is 3. The van der Waals surface area contributed by atoms with Gasteiger partial charge in [0.15, 0.2) is 0 Å². The molecule has 3 unspecified atom stereocenters. The maximum atomic E-state index is 12.2. The van der Waals surface area contributed by atoms with Crippen LogP contribution >= 0.6 is 0 Å². The number of hydrogen-bond donors (Lipinski definition) is 2. The number of likely N-dealkylation sites (tertiary alicyclic amines) is 1. The Kier molecular flexibility index (Phi) is 3.35. The second-order valence-corrected chi connectivity index (χ2v) is 5.85. The van der Waals surface area contributed by atoms with Crippen LogP contribution in [0.2, 0.25) is 0 Å². The minimum absolute atomic E-state index is 0.0214. The molecule has 2 N–H and O–H groups in total. The summed E-state index contributed by atoms with van der Waals surface area (Å²) in [5, 5.41) is 11.8. The number of amides is 2. The highest BCUT2D eigenvalue weighted by molar-refractivity contribution is 5.76. The normalized spacial score (nSPS) is 31.1. The molecule has 3 fully saturated rings. The SMILES string of the molecule is O=C(O)CC(NC(=O)N1CC2CCC(C1)O2)C1CC1. The van der Waals surface area contributed by atoms with Crippen LogP contribution in [0.5, 0.6) is 0 Å². The summed E-state index contributed by atoms with van der Waals surface area (Å²) in [5.74, 6) is -0.503. The fourth-order valence-electron chi connectivity index (χ4n) is 3.05. The van der Waals surface area contributed by atoms with Crippen LogP contribution in [-0.4, -0.2) is 53.3 Å². The second-order valence-electron chi connectivity index (χ2n) is 5.85. The van der Waals surface area contributed by atoms with Gasteiger partial charge in [-0.2, -0.15) is 0 Å². The molecular formula is C13H20N2O4. The van der Waals surface area contributed by atoms with Gasteiger partial charge in [0.1, 0.15) is 0 Å². The number of aliphatic carboxylic acids is 1. The first-order chi connectivity index (χ1) is 9.11. The minimum Gasteiger partial charge on any atom is -0.481 e. The molecule has 6 heteroatoms. The van der Waals surface area contributed by atoms with Crippen molar-refractivity contribution >= 4 is 12.0 Å². The molecule has 0 aromatic rings. The third kappa shape index (κ3) is 3.00. The minimum atomic E-state index is -0.848. The van der Waals surface area contributed by atoms with Gasteiger partial charge in [-0.05, 0) is 31.6 Å². The molecule has 2 amide bonds. The number of carboxylic acids is 1. The maximum Gasteiger partial charge on any atom is 0.317 e. The molecule has 0 aromatic heterocycles. The number of nitrogens with one attached hydrogen (secondary N) is 1. The lowest BCUT2D eigenvalue weighted by Gasteiger charge is -2.33. The van der Waals surface area contributed by atoms with E-state index < -0.39 is 5.97 Å². The van der Waals surface area contributed by atoms with Gasteiger partial charge in [0.2, 0.25) is 0 Å². The van der Waals surface area contributed by atoms with Crippen LogP contribution in [0.1, 0.15) is 32.1 Å². The zero-order valence-electron chi connectivity index (χ0n) is 10.9. The van der Waals surface area contributed by atoms with Gasteiger partial charge in [-0.15, -0.1) is 0 Å². The van der Waals surface area contributed by atoms with Crippen LogP contribution in [0.25, 0.3) is 0 Å². The fraction of sp³-hybridized carbons (Fsp3) is 0.846. The molecule has 19 heavy (non-hydrogen) atoms. The van der Waals surface area contributed by atoms with Crippen molar-refractivity contribution in [3.05, 3.63) is 0 Å². The van der Waals surface area contributed by atoms with E-state index >= 15 is 0 Å². The summed E-state index contributed by atoms with van der Waals surface area (Å²) in [5.41, 5.74) is 0. The van der Waals surface area contributed by atoms with Crippen molar-refractivity contribution in [1.29, 1.82) is 0 Å². The second kappa shape index (κ2) is 5.00. The first-order valence-corrected chi connectivity index (χ1v) is 7.04. The number of morpholine rings is 1. The van der Waals surface area contributed by atoms with Gasteiger partial charge in [-0.1, -0.05) is 0 Å². The molecule has 2 aliphatic heterocycles. The smallest absolute Gasteiger partial charge is 0.317 e. The van der Waals surface area contributed by atoms with Gasteiger partial charge in [0, 0.05) is 19.1 Å². The van der Waals surface area contributed by atoms with Crippen molar-refractivity contribution in [3.8, 4) is 0 Å². The molecule has 1 saturated carbocycles. The molecule has 106 valence electrons. The lowest BCUT2D eigenvalue weighted by molar-refractivity contribution is -0.137. The van der Waals surface area contributed by atoms with Crippen molar-refractivity contribution in [2.24, 2.45) is 5.92 Å². The zero-order valence-corrected chi connectivity index (χ0v) is 10.9. The van der Waals surface area contributed by atoms with Crippen molar-refractivity contribution in [3.63, 3.8) is 0 Å². The molecule has 3 rings (SSSR count). The third-order valence-electron chi connectivity index (χ3n) is 4.23. The Morgan fingerprint density at radius 3 is 2.37 bits per heavy atom. The van der Waals surface area contributed by atoms with Gasteiger partial charge in [0.05, 0.1) is 18.6 Å². The number of fused-ring (bicyclic) bond motifs is 2. The summed E-state index contributed by atoms with van der Waals surface area (Å²) in [6.45, 7) is 1.26. The summed E-state index contributed by atoms with van der Waals surface area (Å²) in [6, 6.07) is -0.344. The topological polar surface area (TPSA) is 78.9 Å². The first-order valence-electron chi connectivity index (χ1n) is 7.04. The molecule has 2 saturated heterocycles. The number of ether oxygens (including phenoxy) is 1. The molecule has 2 heterocycles. The van der Waals surface area contributed by atoms with Crippen LogP contribution in [-0.2, 0) is 9.53 Å². The van der Waals surface area contributed by atoms with Gasteiger partial charge in [0.25, 0.3) is 0 Å². The summed E-state index contributed by atoms with van der Waals surface area (Å²) in [6.07, 6.45) is 4.45. The molecule has 0 aromatic carbocycles. The molecule has 2 bridgehead atoms. The molecule has 6 nitrogen and oxygen atoms in total. The molecule has 0 spiro atoms. The number of carboxylic acid groups (broad SMARTS) is 1. The largest absolute Gasteiger partial charge is 0.481 e. The highest BCUT2D eigenvalue weighted by Crippen LogP contribution is 2.34. The number of nitrogens with zero attached hydrogens (tertiary/aromatic N) is 1. The van der Waals surface area contributed by atoms with Crippen molar-refractivity contribution in [2.45, 2.75) is 50.4 Å². The highest BCUT2D eigenvalue weighted by atomic mass is 16.5. The van der Waals surface area contributed by atoms with Crippen LogP contribution < -0.4 is 5.32 Å². The van der Waals surface area contributed by atoms with E-state index in [1.807, 2.05) is 0 Å². The van der Waals surface area contributed by atoms with Crippen LogP contribution in [0.3, 0.4) is 0 Å². The van der Waals surface area contributed by atoms with Gasteiger partial charge >= 0.3 is 12.0 Å². The molecule has 1 aliphatic carbocycles. The predicted octanol–water partition coefficient (Wildman–Crippen LogP) is 0.812. The van der Waals surface area contributed by atoms with E-state index in [0.29, 0.717) is 19.0 Å². The van der Waals surface area contributed by atoms with E-state index in [2.05, 4.69) is 5.32 Å². The van der Waals surface area contributed by atoms with E-state index in [-0.39, 0.29) is 30.7 Å². The Balaban J connectivity index is 1.55. The lowest BCUT2D eigenvalue weighted by Crippen LogP contribution is -2.52. The quantitative estimate of drug-likeness (QED) is 0.791. The Hall–Kier alpha value is -1.30. The first kappa shape index (κ1) is 12.7. The Bertz CT molecular complexity index is 371.